The summed E-state index contributed by atoms with van der Waals surface area (Å²) in [6.45, 7) is 0. The van der Waals surface area contributed by atoms with Crippen molar-refractivity contribution in [2.75, 3.05) is 0 Å². The summed E-state index contributed by atoms with van der Waals surface area (Å²) in [6, 6.07) is 57.9. The van der Waals surface area contributed by atoms with Crippen LogP contribution in [0.1, 0.15) is 6.85 Å². The minimum atomic E-state index is -0.499. The molecule has 13 aromatic rings. The number of furan rings is 1. The van der Waals surface area contributed by atoms with Crippen molar-refractivity contribution in [3.63, 3.8) is 0 Å². The molecule has 0 unspecified atom stereocenters. The number of hydrogen-bond acceptors (Lipinski definition) is 5. The van der Waals surface area contributed by atoms with Crippen LogP contribution in [0.15, 0.2) is 211 Å². The topological polar surface area (TPSA) is 56.7 Å². The van der Waals surface area contributed by atoms with Gasteiger partial charge >= 0.3 is 0 Å². The van der Waals surface area contributed by atoms with Gasteiger partial charge < -0.3 is 8.98 Å². The molecular formula is C57H34N4OS. The van der Waals surface area contributed by atoms with E-state index in [9.17, 15) is 0 Å². The van der Waals surface area contributed by atoms with Gasteiger partial charge in [0, 0.05) is 58.5 Å². The number of fused-ring (bicyclic) bond motifs is 9. The van der Waals surface area contributed by atoms with E-state index in [2.05, 4.69) is 108 Å². The monoisotopic (exact) mass is 827 g/mol. The molecule has 0 saturated heterocycles. The summed E-state index contributed by atoms with van der Waals surface area (Å²) in [5.74, 6) is 0.442. The Kier molecular flexibility index (Phi) is 6.94. The molecule has 13 rings (SSSR count). The van der Waals surface area contributed by atoms with Crippen LogP contribution in [0.4, 0.5) is 0 Å². The third-order valence-corrected chi connectivity index (χ3v) is 13.1. The van der Waals surface area contributed by atoms with Crippen LogP contribution in [-0.2, 0) is 0 Å². The summed E-state index contributed by atoms with van der Waals surface area (Å²) in [5.41, 5.74) is 9.35. The third kappa shape index (κ3) is 5.80. The fourth-order valence-corrected chi connectivity index (χ4v) is 10.3. The van der Waals surface area contributed by atoms with Gasteiger partial charge in [-0.1, -0.05) is 158 Å². The number of hydrogen-bond donors (Lipinski definition) is 0. The van der Waals surface area contributed by atoms with Crippen molar-refractivity contribution in [1.82, 2.24) is 19.5 Å². The van der Waals surface area contributed by atoms with Gasteiger partial charge in [-0.15, -0.1) is 11.3 Å². The van der Waals surface area contributed by atoms with E-state index in [1.54, 1.807) is 11.3 Å². The van der Waals surface area contributed by atoms with E-state index in [0.29, 0.717) is 22.3 Å². The summed E-state index contributed by atoms with van der Waals surface area (Å²) >= 11 is 1.67. The van der Waals surface area contributed by atoms with Crippen molar-refractivity contribution in [3.8, 4) is 62.1 Å². The molecule has 0 aliphatic carbocycles. The largest absolute Gasteiger partial charge is 0.455 e. The Morgan fingerprint density at radius 3 is 1.89 bits per heavy atom. The minimum absolute atomic E-state index is 0.0524. The zero-order valence-corrected chi connectivity index (χ0v) is 34.2. The molecule has 294 valence electrons. The van der Waals surface area contributed by atoms with Crippen molar-refractivity contribution in [3.05, 3.63) is 206 Å². The molecule has 9 aromatic carbocycles. The lowest BCUT2D eigenvalue weighted by Gasteiger charge is -2.13. The van der Waals surface area contributed by atoms with Crippen LogP contribution in [0.3, 0.4) is 0 Å². The van der Waals surface area contributed by atoms with Gasteiger partial charge in [0.05, 0.1) is 23.5 Å². The lowest BCUT2D eigenvalue weighted by Crippen LogP contribution is -2.01. The molecule has 0 atom stereocenters. The van der Waals surface area contributed by atoms with Gasteiger partial charge in [-0.05, 0) is 70.8 Å². The van der Waals surface area contributed by atoms with Crippen LogP contribution in [0.25, 0.3) is 126 Å². The van der Waals surface area contributed by atoms with E-state index in [1.807, 2.05) is 72.8 Å². The number of benzene rings is 9. The smallest absolute Gasteiger partial charge is 0.167 e. The second kappa shape index (κ2) is 14.2. The van der Waals surface area contributed by atoms with Crippen LogP contribution in [0.5, 0.6) is 0 Å². The first-order chi connectivity index (χ1) is 33.3. The van der Waals surface area contributed by atoms with Crippen LogP contribution in [-0.4, -0.2) is 19.5 Å². The molecule has 4 aromatic heterocycles. The number of para-hydroxylation sites is 2. The average molecular weight is 828 g/mol. The fourth-order valence-electron chi connectivity index (χ4n) is 9.11. The van der Waals surface area contributed by atoms with Gasteiger partial charge in [-0.25, -0.2) is 15.0 Å². The molecule has 0 amide bonds. The Hall–Kier alpha value is -8.19. The number of rotatable bonds is 6. The second-order valence-electron chi connectivity index (χ2n) is 15.6. The van der Waals surface area contributed by atoms with Gasteiger partial charge in [0.15, 0.2) is 17.5 Å². The summed E-state index contributed by atoms with van der Waals surface area (Å²) in [4.78, 5) is 15.2. The van der Waals surface area contributed by atoms with Crippen molar-refractivity contribution < 1.29 is 11.3 Å². The zero-order chi connectivity index (χ0) is 45.8. The van der Waals surface area contributed by atoms with Gasteiger partial charge in [0.2, 0.25) is 0 Å². The van der Waals surface area contributed by atoms with Crippen LogP contribution in [0.2, 0.25) is 0 Å². The lowest BCUT2D eigenvalue weighted by atomic mass is 9.95. The summed E-state index contributed by atoms with van der Waals surface area (Å²) in [5, 5.41) is 6.18. The molecule has 63 heavy (non-hydrogen) atoms. The predicted octanol–water partition coefficient (Wildman–Crippen LogP) is 15.6. The second-order valence-corrected chi connectivity index (χ2v) is 16.7. The van der Waals surface area contributed by atoms with E-state index < -0.39 is 30.2 Å². The van der Waals surface area contributed by atoms with Crippen LogP contribution >= 0.6 is 11.3 Å². The molecule has 0 N–H and O–H groups in total. The standard InChI is InChI=1S/C57H34N4OS/c1-3-15-35(16-4-1)37-19-13-20-38(31-37)41-24-14-27-50-53(41)46-33-40(61-48-25-10-7-21-42(48)43-22-8-11-26-49(43)61)34-47(54(46)62-50)57-59-55(36-17-5-2-6-18-36)58-56(60-57)39-29-30-45-44-23-9-12-28-51(44)63-52(45)32-39/h1-34H/i2D,5D,6D,17D,18D. The van der Waals surface area contributed by atoms with Gasteiger partial charge in [0.25, 0.3) is 0 Å². The molecule has 0 radical (unpaired) electrons. The van der Waals surface area contributed by atoms with Gasteiger partial charge in [-0.2, -0.15) is 0 Å². The molecule has 0 bridgehead atoms. The van der Waals surface area contributed by atoms with Crippen molar-refractivity contribution >= 4 is 75.3 Å². The zero-order valence-electron chi connectivity index (χ0n) is 38.3. The minimum Gasteiger partial charge on any atom is -0.455 e. The first-order valence-electron chi connectivity index (χ1n) is 23.2. The molecule has 5 nitrogen and oxygen atoms in total. The van der Waals surface area contributed by atoms with Crippen LogP contribution in [0, 0.1) is 0 Å². The molecule has 6 heteroatoms. The van der Waals surface area contributed by atoms with Gasteiger partial charge in [-0.3, -0.25) is 0 Å². The lowest BCUT2D eigenvalue weighted by molar-refractivity contribution is 0.669. The fraction of sp³-hybridized carbons (Fsp3) is 0. The Bertz CT molecular complexity index is 4150. The highest BCUT2D eigenvalue weighted by atomic mass is 32.1. The highest BCUT2D eigenvalue weighted by molar-refractivity contribution is 7.25. The quantitative estimate of drug-likeness (QED) is 0.168. The maximum atomic E-state index is 9.06. The van der Waals surface area contributed by atoms with Gasteiger partial charge in [0.1, 0.15) is 11.2 Å². The van der Waals surface area contributed by atoms with E-state index in [-0.39, 0.29) is 23.0 Å². The summed E-state index contributed by atoms with van der Waals surface area (Å²) < 4.78 is 55.2. The van der Waals surface area contributed by atoms with E-state index in [0.717, 1.165) is 80.7 Å². The molecule has 4 heterocycles. The summed E-state index contributed by atoms with van der Waals surface area (Å²) in [6.07, 6.45) is 0. The Balaban J connectivity index is 1.13. The highest BCUT2D eigenvalue weighted by Crippen LogP contribution is 2.44. The van der Waals surface area contributed by atoms with Crippen molar-refractivity contribution in [2.24, 2.45) is 0 Å². The third-order valence-electron chi connectivity index (χ3n) is 11.9. The van der Waals surface area contributed by atoms with E-state index in [1.165, 1.54) is 0 Å². The van der Waals surface area contributed by atoms with E-state index in [4.69, 9.17) is 26.2 Å². The molecule has 0 spiro atoms. The number of nitrogens with zero attached hydrogens (tertiary/aromatic N) is 4. The Morgan fingerprint density at radius 2 is 1.08 bits per heavy atom. The Morgan fingerprint density at radius 1 is 0.429 bits per heavy atom. The average Bonchev–Trinajstić information content (AvgIpc) is 4.07. The predicted molar refractivity (Wildman–Crippen MR) is 262 cm³/mol. The molecule has 0 aliphatic heterocycles. The van der Waals surface area contributed by atoms with E-state index >= 15 is 0 Å². The van der Waals surface area contributed by atoms with Crippen LogP contribution < -0.4 is 0 Å². The first kappa shape index (κ1) is 30.8. The SMILES string of the molecule is [2H]c1c([2H])c([2H])c(-c2nc(-c3ccc4c(c3)sc3ccccc34)nc(-c3cc(-n4c5ccccc5c5ccccc54)cc4c3oc3cccc(-c5cccc(-c6ccccc6)c5)c34)n2)c([2H])c1[2H]. The molecule has 0 saturated carbocycles. The summed E-state index contributed by atoms with van der Waals surface area (Å²) in [7, 11) is 0. The maximum Gasteiger partial charge on any atom is 0.167 e. The van der Waals surface area contributed by atoms with Crippen molar-refractivity contribution in [2.45, 2.75) is 0 Å². The molecule has 0 fully saturated rings. The maximum absolute atomic E-state index is 9.06. The first-order valence-corrected chi connectivity index (χ1v) is 21.5. The number of aromatic nitrogens is 4. The highest BCUT2D eigenvalue weighted by Gasteiger charge is 2.23. The Labute approximate surface area is 372 Å². The molecule has 0 aliphatic rings. The van der Waals surface area contributed by atoms with Crippen molar-refractivity contribution in [1.29, 1.82) is 0 Å². The normalized spacial score (nSPS) is 12.9. The molecular weight excluding hydrogens is 789 g/mol. The number of thiophene rings is 1.